The third kappa shape index (κ3) is 6.10. The second-order valence-electron chi connectivity index (χ2n) is 6.19. The van der Waals surface area contributed by atoms with E-state index in [0.29, 0.717) is 38.6 Å². The Hall–Kier alpha value is -0.850. The van der Waals surface area contributed by atoms with Crippen molar-refractivity contribution in [2.45, 2.75) is 32.7 Å². The zero-order valence-electron chi connectivity index (χ0n) is 14.1. The Morgan fingerprint density at radius 2 is 2.14 bits per heavy atom. The maximum absolute atomic E-state index is 12.4. The second-order valence-corrected chi connectivity index (χ2v) is 6.19. The molecule has 1 aliphatic heterocycles. The van der Waals surface area contributed by atoms with E-state index in [1.54, 1.807) is 24.0 Å². The Labute approximate surface area is 139 Å². The van der Waals surface area contributed by atoms with Crippen LogP contribution in [0.5, 0.6) is 0 Å². The lowest BCUT2D eigenvalue weighted by atomic mass is 10.0. The standard InChI is InChI=1S/C15H29N3O3.ClH/c1-11(2)13(16)5-6-17(3)15(20)12-9-14(19)18(10-12)7-8-21-4;/h11-13H,5-10,16H2,1-4H3;1H. The fraction of sp³-hybridized carbons (Fsp3) is 0.867. The predicted octanol–water partition coefficient (Wildman–Crippen LogP) is 0.735. The van der Waals surface area contributed by atoms with Crippen LogP contribution in [-0.4, -0.2) is 68.1 Å². The number of carbonyl (C=O) groups is 2. The number of halogens is 1. The number of carbonyl (C=O) groups excluding carboxylic acids is 2. The first-order valence-electron chi connectivity index (χ1n) is 7.64. The molecule has 1 fully saturated rings. The van der Waals surface area contributed by atoms with Crippen molar-refractivity contribution in [3.8, 4) is 0 Å². The lowest BCUT2D eigenvalue weighted by molar-refractivity contribution is -0.134. The largest absolute Gasteiger partial charge is 0.383 e. The van der Waals surface area contributed by atoms with Crippen molar-refractivity contribution in [1.82, 2.24) is 9.80 Å². The molecule has 0 saturated carbocycles. The SMILES string of the molecule is COCCN1CC(C(=O)N(C)CCC(N)C(C)C)CC1=O.Cl. The molecule has 130 valence electrons. The van der Waals surface area contributed by atoms with E-state index in [4.69, 9.17) is 10.5 Å². The molecular weight excluding hydrogens is 306 g/mol. The van der Waals surface area contributed by atoms with Gasteiger partial charge in [-0.05, 0) is 12.3 Å². The number of amides is 2. The molecule has 2 unspecified atom stereocenters. The van der Waals surface area contributed by atoms with Crippen LogP contribution in [0.3, 0.4) is 0 Å². The monoisotopic (exact) mass is 335 g/mol. The number of likely N-dealkylation sites (tertiary alicyclic amines) is 1. The molecule has 2 atom stereocenters. The van der Waals surface area contributed by atoms with Crippen LogP contribution < -0.4 is 5.73 Å². The van der Waals surface area contributed by atoms with E-state index in [0.717, 1.165) is 6.42 Å². The van der Waals surface area contributed by atoms with Gasteiger partial charge in [0, 0.05) is 46.3 Å². The van der Waals surface area contributed by atoms with Crippen LogP contribution in [0.1, 0.15) is 26.7 Å². The minimum absolute atomic E-state index is 0. The first kappa shape index (κ1) is 21.1. The number of methoxy groups -OCH3 is 1. The second kappa shape index (κ2) is 10.0. The number of nitrogens with two attached hydrogens (primary N) is 1. The van der Waals surface area contributed by atoms with Gasteiger partial charge < -0.3 is 20.3 Å². The van der Waals surface area contributed by atoms with Crippen molar-refractivity contribution >= 4 is 24.2 Å². The first-order chi connectivity index (χ1) is 9.86. The molecule has 1 heterocycles. The molecule has 1 aliphatic rings. The maximum Gasteiger partial charge on any atom is 0.227 e. The molecule has 0 radical (unpaired) electrons. The van der Waals surface area contributed by atoms with E-state index in [9.17, 15) is 9.59 Å². The van der Waals surface area contributed by atoms with Gasteiger partial charge in [-0.15, -0.1) is 12.4 Å². The summed E-state index contributed by atoms with van der Waals surface area (Å²) in [4.78, 5) is 27.6. The van der Waals surface area contributed by atoms with Crippen molar-refractivity contribution in [3.05, 3.63) is 0 Å². The van der Waals surface area contributed by atoms with Crippen molar-refractivity contribution in [2.75, 3.05) is 40.4 Å². The molecule has 22 heavy (non-hydrogen) atoms. The summed E-state index contributed by atoms with van der Waals surface area (Å²) < 4.78 is 4.98. The number of hydrogen-bond acceptors (Lipinski definition) is 4. The summed E-state index contributed by atoms with van der Waals surface area (Å²) in [7, 11) is 3.40. The molecule has 0 aromatic carbocycles. The number of rotatable bonds is 8. The normalized spacial score (nSPS) is 19.3. The zero-order chi connectivity index (χ0) is 16.0. The van der Waals surface area contributed by atoms with Gasteiger partial charge in [-0.3, -0.25) is 9.59 Å². The highest BCUT2D eigenvalue weighted by atomic mass is 35.5. The third-order valence-electron chi connectivity index (χ3n) is 4.16. The summed E-state index contributed by atoms with van der Waals surface area (Å²) in [5, 5.41) is 0. The van der Waals surface area contributed by atoms with Gasteiger partial charge in [-0.25, -0.2) is 0 Å². The lowest BCUT2D eigenvalue weighted by Gasteiger charge is -2.24. The summed E-state index contributed by atoms with van der Waals surface area (Å²) in [5.74, 6) is 0.262. The quantitative estimate of drug-likeness (QED) is 0.709. The molecule has 0 aliphatic carbocycles. The zero-order valence-corrected chi connectivity index (χ0v) is 14.9. The molecule has 6 nitrogen and oxygen atoms in total. The van der Waals surface area contributed by atoms with E-state index >= 15 is 0 Å². The van der Waals surface area contributed by atoms with Gasteiger partial charge in [0.1, 0.15) is 0 Å². The van der Waals surface area contributed by atoms with Gasteiger partial charge in [0.2, 0.25) is 11.8 Å². The summed E-state index contributed by atoms with van der Waals surface area (Å²) in [6, 6.07) is 0.101. The molecule has 2 amide bonds. The molecule has 2 N–H and O–H groups in total. The van der Waals surface area contributed by atoms with E-state index < -0.39 is 0 Å². The highest BCUT2D eigenvalue weighted by Crippen LogP contribution is 2.19. The van der Waals surface area contributed by atoms with E-state index in [-0.39, 0.29) is 36.2 Å². The maximum atomic E-state index is 12.4. The third-order valence-corrected chi connectivity index (χ3v) is 4.16. The summed E-state index contributed by atoms with van der Waals surface area (Å²) in [5.41, 5.74) is 6.00. The Kier molecular flexibility index (Phi) is 9.64. The molecule has 1 rings (SSSR count). The first-order valence-corrected chi connectivity index (χ1v) is 7.64. The smallest absolute Gasteiger partial charge is 0.227 e. The van der Waals surface area contributed by atoms with Gasteiger partial charge in [-0.2, -0.15) is 0 Å². The van der Waals surface area contributed by atoms with Crippen molar-refractivity contribution < 1.29 is 14.3 Å². The number of ether oxygens (including phenoxy) is 1. The van der Waals surface area contributed by atoms with E-state index in [2.05, 4.69) is 13.8 Å². The minimum atomic E-state index is -0.227. The van der Waals surface area contributed by atoms with Crippen LogP contribution in [0, 0.1) is 11.8 Å². The lowest BCUT2D eigenvalue weighted by Crippen LogP contribution is -2.38. The molecule has 0 aromatic rings. The Balaban J connectivity index is 0.00000441. The summed E-state index contributed by atoms with van der Waals surface area (Å²) >= 11 is 0. The molecule has 0 bridgehead atoms. The summed E-state index contributed by atoms with van der Waals surface area (Å²) in [6.45, 7) is 6.36. The fourth-order valence-corrected chi connectivity index (χ4v) is 2.45. The van der Waals surface area contributed by atoms with Gasteiger partial charge in [0.25, 0.3) is 0 Å². The Morgan fingerprint density at radius 1 is 1.50 bits per heavy atom. The Morgan fingerprint density at radius 3 is 2.68 bits per heavy atom. The molecule has 1 saturated heterocycles. The van der Waals surface area contributed by atoms with Crippen LogP contribution in [-0.2, 0) is 14.3 Å². The van der Waals surface area contributed by atoms with Crippen LogP contribution in [0.4, 0.5) is 0 Å². The summed E-state index contributed by atoms with van der Waals surface area (Å²) in [6.07, 6.45) is 1.09. The minimum Gasteiger partial charge on any atom is -0.383 e. The Bertz CT molecular complexity index is 366. The number of nitrogens with zero attached hydrogens (tertiary/aromatic N) is 2. The number of hydrogen-bond donors (Lipinski definition) is 1. The average Bonchev–Trinajstić information content (AvgIpc) is 2.82. The van der Waals surface area contributed by atoms with Gasteiger partial charge in [0.05, 0.1) is 12.5 Å². The fourth-order valence-electron chi connectivity index (χ4n) is 2.45. The highest BCUT2D eigenvalue weighted by Gasteiger charge is 2.35. The van der Waals surface area contributed by atoms with Crippen molar-refractivity contribution in [3.63, 3.8) is 0 Å². The molecule has 0 aromatic heterocycles. The van der Waals surface area contributed by atoms with Crippen LogP contribution >= 0.6 is 12.4 Å². The average molecular weight is 336 g/mol. The van der Waals surface area contributed by atoms with E-state index in [1.807, 2.05) is 0 Å². The van der Waals surface area contributed by atoms with Crippen LogP contribution in [0.25, 0.3) is 0 Å². The molecule has 7 heteroatoms. The van der Waals surface area contributed by atoms with Gasteiger partial charge in [0.15, 0.2) is 0 Å². The van der Waals surface area contributed by atoms with Crippen molar-refractivity contribution in [2.24, 2.45) is 17.6 Å². The van der Waals surface area contributed by atoms with Crippen molar-refractivity contribution in [1.29, 1.82) is 0 Å². The molecular formula is C15H30ClN3O3. The van der Waals surface area contributed by atoms with Crippen LogP contribution in [0.2, 0.25) is 0 Å². The topological polar surface area (TPSA) is 75.9 Å². The highest BCUT2D eigenvalue weighted by molar-refractivity contribution is 5.89. The predicted molar refractivity (Wildman–Crippen MR) is 88.9 cm³/mol. The molecule has 0 spiro atoms. The van der Waals surface area contributed by atoms with E-state index in [1.165, 1.54) is 0 Å². The van der Waals surface area contributed by atoms with Gasteiger partial charge >= 0.3 is 0 Å². The van der Waals surface area contributed by atoms with Gasteiger partial charge in [-0.1, -0.05) is 13.8 Å². The van der Waals surface area contributed by atoms with Crippen LogP contribution in [0.15, 0.2) is 0 Å².